The van der Waals surface area contributed by atoms with Gasteiger partial charge in [-0.05, 0) is 64.7 Å². The van der Waals surface area contributed by atoms with E-state index in [9.17, 15) is 24.3 Å². The summed E-state index contributed by atoms with van der Waals surface area (Å²) in [5.41, 5.74) is 0.269. The Morgan fingerprint density at radius 1 is 1.05 bits per heavy atom. The molecule has 0 aromatic heterocycles. The Bertz CT molecular complexity index is 1410. The van der Waals surface area contributed by atoms with E-state index in [0.717, 1.165) is 37.7 Å². The number of aryl methyl sites for hydroxylation is 1. The van der Waals surface area contributed by atoms with Crippen molar-refractivity contribution in [1.82, 2.24) is 15.1 Å². The molecule has 0 spiro atoms. The molecule has 10 heteroatoms. The summed E-state index contributed by atoms with van der Waals surface area (Å²) in [6, 6.07) is 12.8. The van der Waals surface area contributed by atoms with Crippen LogP contribution in [0, 0.1) is 0 Å². The molecule has 43 heavy (non-hydrogen) atoms. The van der Waals surface area contributed by atoms with Crippen molar-refractivity contribution in [3.8, 4) is 0 Å². The molecule has 2 atom stereocenters. The van der Waals surface area contributed by atoms with E-state index in [1.54, 1.807) is 39.8 Å². The highest BCUT2D eigenvalue weighted by atomic mass is 35.5. The molecule has 230 valence electrons. The van der Waals surface area contributed by atoms with Gasteiger partial charge in [-0.25, -0.2) is 4.79 Å². The van der Waals surface area contributed by atoms with Crippen LogP contribution in [-0.4, -0.2) is 53.2 Å². The Balaban J connectivity index is 1.90. The van der Waals surface area contributed by atoms with Crippen LogP contribution in [0.2, 0.25) is 5.02 Å². The summed E-state index contributed by atoms with van der Waals surface area (Å²) >= 11 is 6.41. The highest BCUT2D eigenvalue weighted by Gasteiger charge is 2.64. The van der Waals surface area contributed by atoms with Crippen molar-refractivity contribution in [2.45, 2.75) is 90.3 Å². The monoisotopic (exact) mass is 610 g/mol. The molecule has 1 heterocycles. The molecule has 3 amide bonds. The Labute approximate surface area is 257 Å². The van der Waals surface area contributed by atoms with E-state index in [2.05, 4.69) is 10.6 Å². The molecule has 0 bridgehead atoms. The van der Waals surface area contributed by atoms with Crippen molar-refractivity contribution in [3.63, 3.8) is 0 Å². The van der Waals surface area contributed by atoms with Crippen LogP contribution in [0.25, 0.3) is 5.57 Å². The molecule has 2 aliphatic rings. The van der Waals surface area contributed by atoms with Crippen LogP contribution < -0.4 is 15.1 Å². The summed E-state index contributed by atoms with van der Waals surface area (Å²) in [5.74, 6) is -1.79. The highest BCUT2D eigenvalue weighted by molar-refractivity contribution is 6.31. The van der Waals surface area contributed by atoms with Gasteiger partial charge in [0.25, 0.3) is 0 Å². The molecular formula is C33H41ClN3O6+. The third kappa shape index (κ3) is 6.48. The molecule has 1 aliphatic heterocycles. The topological polar surface area (TPSA) is 122 Å². The largest absolute Gasteiger partial charge is 0.524 e. The molecule has 0 saturated heterocycles. The molecular weight excluding hydrogens is 570 g/mol. The van der Waals surface area contributed by atoms with Gasteiger partial charge in [-0.3, -0.25) is 9.59 Å². The summed E-state index contributed by atoms with van der Waals surface area (Å²) in [6.07, 6.45) is 3.82. The fraction of sp³-hybridized carbons (Fsp3) is 0.455. The van der Waals surface area contributed by atoms with Crippen molar-refractivity contribution in [3.05, 3.63) is 70.4 Å². The van der Waals surface area contributed by atoms with E-state index in [4.69, 9.17) is 16.3 Å². The number of amides is 3. The SMILES string of the molecule is CCOC(=O)C1=C(C(NC(=O)CCc2ccccc2)C(=O)NC2CCCCC2)c2ccc(Cl)cc2[N+]1(C(=O)O)C(C)(C)C. The predicted octanol–water partition coefficient (Wildman–Crippen LogP) is 5.98. The van der Waals surface area contributed by atoms with Crippen molar-refractivity contribution < 1.29 is 29.0 Å². The van der Waals surface area contributed by atoms with E-state index >= 15 is 0 Å². The van der Waals surface area contributed by atoms with Crippen LogP contribution in [0.1, 0.15) is 77.3 Å². The molecule has 3 N–H and O–H groups in total. The molecule has 1 aliphatic carbocycles. The zero-order valence-electron chi connectivity index (χ0n) is 25.2. The van der Waals surface area contributed by atoms with Crippen LogP contribution in [0.5, 0.6) is 0 Å². The minimum absolute atomic E-state index is 0.0150. The molecule has 9 nitrogen and oxygen atoms in total. The molecule has 4 rings (SSSR count). The number of fused-ring (bicyclic) bond motifs is 1. The molecule has 1 saturated carbocycles. The second-order valence-corrected chi connectivity index (χ2v) is 12.5. The maximum absolute atomic E-state index is 14.1. The number of carboxylic acid groups (broad SMARTS) is 1. The first-order chi connectivity index (χ1) is 20.4. The van der Waals surface area contributed by atoms with Gasteiger partial charge in [-0.1, -0.05) is 61.2 Å². The van der Waals surface area contributed by atoms with Crippen LogP contribution in [0.15, 0.2) is 54.2 Å². The first-order valence-electron chi connectivity index (χ1n) is 14.9. The zero-order chi connectivity index (χ0) is 31.4. The number of carbonyl (C=O) groups is 4. The number of nitrogens with zero attached hydrogens (tertiary/aromatic N) is 1. The predicted molar refractivity (Wildman–Crippen MR) is 166 cm³/mol. The van der Waals surface area contributed by atoms with Crippen LogP contribution in [-0.2, 0) is 25.5 Å². The Morgan fingerprint density at radius 2 is 1.72 bits per heavy atom. The number of rotatable bonds is 9. The number of carbonyl (C=O) groups excluding carboxylic acids is 3. The second kappa shape index (κ2) is 13.3. The van der Waals surface area contributed by atoms with E-state index in [-0.39, 0.29) is 41.0 Å². The van der Waals surface area contributed by atoms with Gasteiger partial charge in [-0.15, -0.1) is 4.48 Å². The van der Waals surface area contributed by atoms with E-state index in [0.29, 0.717) is 12.0 Å². The number of halogens is 1. The molecule has 2 unspecified atom stereocenters. The molecule has 1 fully saturated rings. The van der Waals surface area contributed by atoms with Gasteiger partial charge in [0.15, 0.2) is 5.69 Å². The average molecular weight is 611 g/mol. The number of hydrogen-bond acceptors (Lipinski definition) is 5. The average Bonchev–Trinajstić information content (AvgIpc) is 3.27. The molecule has 2 aromatic rings. The Morgan fingerprint density at radius 3 is 2.33 bits per heavy atom. The number of quaternary nitrogens is 1. The fourth-order valence-electron chi connectivity index (χ4n) is 6.30. The van der Waals surface area contributed by atoms with Crippen LogP contribution in [0.4, 0.5) is 10.5 Å². The van der Waals surface area contributed by atoms with Gasteiger partial charge in [0.2, 0.25) is 17.5 Å². The lowest BCUT2D eigenvalue weighted by Gasteiger charge is -2.40. The Hall–Kier alpha value is -3.69. The quantitative estimate of drug-likeness (QED) is 0.237. The van der Waals surface area contributed by atoms with E-state index < -0.39 is 39.9 Å². The maximum Gasteiger partial charge on any atom is 0.524 e. The van der Waals surface area contributed by atoms with Gasteiger partial charge in [0.05, 0.1) is 12.2 Å². The maximum atomic E-state index is 14.1. The standard InChI is InChI=1S/C33H40ClN3O6/c1-5-43-31(40)29-27(24-18-17-22(34)20-25(24)37(29,32(41)42)33(2,3)4)28(30(39)35-23-14-10-7-11-15-23)36-26(38)19-16-21-12-8-6-9-13-21/h6,8-9,12-13,17-18,20,23,28H,5,7,10-11,14-16,19H2,1-4H3,(H2-,35,36,38,39,41,42)/p+1. The van der Waals surface area contributed by atoms with Crippen molar-refractivity contribution in [2.24, 2.45) is 0 Å². The number of nitrogens with one attached hydrogen (secondary N) is 2. The second-order valence-electron chi connectivity index (χ2n) is 12.1. The van der Waals surface area contributed by atoms with E-state index in [1.165, 1.54) is 6.07 Å². The van der Waals surface area contributed by atoms with Gasteiger partial charge in [-0.2, -0.15) is 4.79 Å². The highest BCUT2D eigenvalue weighted by Crippen LogP contribution is 2.52. The number of hydrogen-bond donors (Lipinski definition) is 3. The third-order valence-electron chi connectivity index (χ3n) is 8.26. The lowest BCUT2D eigenvalue weighted by molar-refractivity contribution is -0.140. The molecule has 0 radical (unpaired) electrons. The van der Waals surface area contributed by atoms with Crippen LogP contribution >= 0.6 is 11.6 Å². The minimum atomic E-state index is -1.36. The van der Waals surface area contributed by atoms with Gasteiger partial charge < -0.3 is 20.5 Å². The van der Waals surface area contributed by atoms with Gasteiger partial charge in [0, 0.05) is 29.1 Å². The normalized spacial score (nSPS) is 19.4. The smallest absolute Gasteiger partial charge is 0.458 e. The fourth-order valence-corrected chi connectivity index (χ4v) is 6.46. The first-order valence-corrected chi connectivity index (χ1v) is 15.3. The number of benzene rings is 2. The minimum Gasteiger partial charge on any atom is -0.458 e. The van der Waals surface area contributed by atoms with Gasteiger partial charge >= 0.3 is 12.1 Å². The van der Waals surface area contributed by atoms with Gasteiger partial charge in [0.1, 0.15) is 11.6 Å². The first kappa shape index (κ1) is 32.2. The summed E-state index contributed by atoms with van der Waals surface area (Å²) in [5, 5.41) is 17.1. The molecule has 2 aromatic carbocycles. The van der Waals surface area contributed by atoms with E-state index in [1.807, 2.05) is 30.3 Å². The third-order valence-corrected chi connectivity index (χ3v) is 8.49. The zero-order valence-corrected chi connectivity index (χ0v) is 26.0. The number of ether oxygens (including phenoxy) is 1. The Kier molecular flexibility index (Phi) is 9.97. The van der Waals surface area contributed by atoms with Crippen molar-refractivity contribution in [1.29, 1.82) is 0 Å². The van der Waals surface area contributed by atoms with Crippen molar-refractivity contribution >= 4 is 46.7 Å². The van der Waals surface area contributed by atoms with Crippen LogP contribution in [0.3, 0.4) is 0 Å². The van der Waals surface area contributed by atoms with Crippen molar-refractivity contribution in [2.75, 3.05) is 6.61 Å². The lowest BCUT2D eigenvalue weighted by atomic mass is 9.93. The summed E-state index contributed by atoms with van der Waals surface area (Å²) in [4.78, 5) is 54.9. The summed E-state index contributed by atoms with van der Waals surface area (Å²) in [7, 11) is 0. The lowest BCUT2D eigenvalue weighted by Crippen LogP contribution is -2.64. The number of esters is 1. The summed E-state index contributed by atoms with van der Waals surface area (Å²) in [6.45, 7) is 6.71. The summed E-state index contributed by atoms with van der Waals surface area (Å²) < 4.78 is 4.50.